The summed E-state index contributed by atoms with van der Waals surface area (Å²) >= 11 is 0. The molecular formula is C9H21ClN2O2S. The van der Waals surface area contributed by atoms with Gasteiger partial charge in [-0.1, -0.05) is 13.3 Å². The van der Waals surface area contributed by atoms with Gasteiger partial charge in [-0.05, 0) is 25.8 Å². The molecule has 0 radical (unpaired) electrons. The van der Waals surface area contributed by atoms with Gasteiger partial charge in [-0.25, -0.2) is 13.1 Å². The van der Waals surface area contributed by atoms with Gasteiger partial charge in [-0.3, -0.25) is 0 Å². The van der Waals surface area contributed by atoms with E-state index in [-0.39, 0.29) is 24.2 Å². The highest BCUT2D eigenvalue weighted by Gasteiger charge is 2.18. The molecule has 4 nitrogen and oxygen atoms in total. The highest BCUT2D eigenvalue weighted by molar-refractivity contribution is 7.89. The molecular weight excluding hydrogens is 236 g/mol. The number of rotatable bonds is 5. The van der Waals surface area contributed by atoms with E-state index in [2.05, 4.69) is 10.0 Å². The van der Waals surface area contributed by atoms with Crippen molar-refractivity contribution in [2.24, 2.45) is 0 Å². The van der Waals surface area contributed by atoms with Crippen molar-refractivity contribution in [1.82, 2.24) is 10.0 Å². The molecule has 0 aromatic carbocycles. The van der Waals surface area contributed by atoms with Crippen molar-refractivity contribution in [3.63, 3.8) is 0 Å². The molecule has 1 fully saturated rings. The Bertz CT molecular complexity index is 251. The van der Waals surface area contributed by atoms with Gasteiger partial charge in [0.1, 0.15) is 0 Å². The van der Waals surface area contributed by atoms with E-state index in [0.717, 1.165) is 38.8 Å². The molecule has 6 heteroatoms. The zero-order valence-corrected chi connectivity index (χ0v) is 10.8. The van der Waals surface area contributed by atoms with Crippen LogP contribution in [0.1, 0.15) is 32.6 Å². The lowest BCUT2D eigenvalue weighted by Crippen LogP contribution is -2.46. The average Bonchev–Trinajstić information content (AvgIpc) is 2.16. The molecule has 0 aromatic heterocycles. The normalized spacial score (nSPS) is 22.1. The van der Waals surface area contributed by atoms with Crippen LogP contribution in [0, 0.1) is 0 Å². The third kappa shape index (κ3) is 6.35. The molecule has 1 rings (SSSR count). The second-order valence-electron chi connectivity index (χ2n) is 3.83. The van der Waals surface area contributed by atoms with Gasteiger partial charge in [0.15, 0.2) is 0 Å². The monoisotopic (exact) mass is 256 g/mol. The number of hydrogen-bond acceptors (Lipinski definition) is 3. The second-order valence-corrected chi connectivity index (χ2v) is 5.71. The van der Waals surface area contributed by atoms with Gasteiger partial charge in [0.2, 0.25) is 10.0 Å². The molecule has 0 amide bonds. The van der Waals surface area contributed by atoms with Gasteiger partial charge in [-0.2, -0.15) is 0 Å². The van der Waals surface area contributed by atoms with E-state index in [4.69, 9.17) is 0 Å². The molecule has 0 aliphatic carbocycles. The molecule has 0 aromatic rings. The fourth-order valence-corrected chi connectivity index (χ4v) is 3.10. The summed E-state index contributed by atoms with van der Waals surface area (Å²) in [5.74, 6) is 0.264. The Morgan fingerprint density at radius 3 is 2.73 bits per heavy atom. The van der Waals surface area contributed by atoms with Crippen molar-refractivity contribution in [2.75, 3.05) is 18.8 Å². The minimum atomic E-state index is -3.03. The zero-order chi connectivity index (χ0) is 10.4. The van der Waals surface area contributed by atoms with Crippen LogP contribution in [0.4, 0.5) is 0 Å². The molecule has 92 valence electrons. The van der Waals surface area contributed by atoms with Crippen LogP contribution in [0.2, 0.25) is 0 Å². The number of sulfonamides is 1. The third-order valence-electron chi connectivity index (χ3n) is 2.41. The predicted molar refractivity (Wildman–Crippen MR) is 65.0 cm³/mol. The van der Waals surface area contributed by atoms with Crippen LogP contribution in [0.25, 0.3) is 0 Å². The Balaban J connectivity index is 0.00000196. The lowest BCUT2D eigenvalue weighted by Gasteiger charge is -2.23. The van der Waals surface area contributed by atoms with Crippen molar-refractivity contribution in [1.29, 1.82) is 0 Å². The topological polar surface area (TPSA) is 58.2 Å². The molecule has 1 atom stereocenters. The lowest BCUT2D eigenvalue weighted by molar-refractivity contribution is 0.428. The highest BCUT2D eigenvalue weighted by Crippen LogP contribution is 2.04. The first kappa shape index (κ1) is 15.2. The van der Waals surface area contributed by atoms with Gasteiger partial charge in [0.25, 0.3) is 0 Å². The summed E-state index contributed by atoms with van der Waals surface area (Å²) in [7, 11) is -3.03. The average molecular weight is 257 g/mol. The largest absolute Gasteiger partial charge is 0.315 e. The first-order valence-electron chi connectivity index (χ1n) is 5.35. The molecule has 1 aliphatic heterocycles. The van der Waals surface area contributed by atoms with E-state index in [1.165, 1.54) is 0 Å². The maximum atomic E-state index is 11.5. The van der Waals surface area contributed by atoms with Crippen LogP contribution in [0.3, 0.4) is 0 Å². The van der Waals surface area contributed by atoms with Crippen LogP contribution < -0.4 is 10.0 Å². The third-order valence-corrected chi connectivity index (χ3v) is 3.93. The maximum Gasteiger partial charge on any atom is 0.211 e. The van der Waals surface area contributed by atoms with Gasteiger partial charge < -0.3 is 5.32 Å². The number of hydrogen-bond donors (Lipinski definition) is 2. The lowest BCUT2D eigenvalue weighted by atomic mass is 10.1. The molecule has 1 saturated heterocycles. The summed E-state index contributed by atoms with van der Waals surface area (Å²) < 4.78 is 25.8. The number of piperidine rings is 1. The molecule has 15 heavy (non-hydrogen) atoms. The molecule has 0 spiro atoms. The SMILES string of the molecule is CCCCS(=O)(=O)NC1CCCNC1.Cl. The van der Waals surface area contributed by atoms with Crippen LogP contribution in [-0.4, -0.2) is 33.3 Å². The Morgan fingerprint density at radius 1 is 1.47 bits per heavy atom. The van der Waals surface area contributed by atoms with Crippen LogP contribution >= 0.6 is 12.4 Å². The number of unbranched alkanes of at least 4 members (excludes halogenated alkanes) is 1. The smallest absolute Gasteiger partial charge is 0.211 e. The van der Waals surface area contributed by atoms with Crippen LogP contribution in [0.5, 0.6) is 0 Å². The summed E-state index contributed by atoms with van der Waals surface area (Å²) in [5, 5.41) is 3.19. The molecule has 2 N–H and O–H groups in total. The minimum Gasteiger partial charge on any atom is -0.315 e. The summed E-state index contributed by atoms with van der Waals surface area (Å²) in [4.78, 5) is 0. The second kappa shape index (κ2) is 7.44. The summed E-state index contributed by atoms with van der Waals surface area (Å²) in [5.41, 5.74) is 0. The zero-order valence-electron chi connectivity index (χ0n) is 9.16. The van der Waals surface area contributed by atoms with E-state index < -0.39 is 10.0 Å². The number of halogens is 1. The molecule has 1 aliphatic rings. The standard InChI is InChI=1S/C9H20N2O2S.ClH/c1-2-3-7-14(12,13)11-9-5-4-6-10-8-9;/h9-11H,2-8H2,1H3;1H. The fraction of sp³-hybridized carbons (Fsp3) is 1.00. The Morgan fingerprint density at radius 2 is 2.20 bits per heavy atom. The molecule has 0 saturated carbocycles. The van der Waals surface area contributed by atoms with Crippen molar-refractivity contribution < 1.29 is 8.42 Å². The van der Waals surface area contributed by atoms with Crippen molar-refractivity contribution in [2.45, 2.75) is 38.6 Å². The van der Waals surface area contributed by atoms with E-state index >= 15 is 0 Å². The minimum absolute atomic E-state index is 0. The Labute approximate surface area is 98.7 Å². The van der Waals surface area contributed by atoms with E-state index in [1.807, 2.05) is 6.92 Å². The molecule has 1 unspecified atom stereocenters. The van der Waals surface area contributed by atoms with Gasteiger partial charge in [-0.15, -0.1) is 12.4 Å². The van der Waals surface area contributed by atoms with E-state index in [0.29, 0.717) is 0 Å². The van der Waals surface area contributed by atoms with Crippen molar-refractivity contribution >= 4 is 22.4 Å². The van der Waals surface area contributed by atoms with E-state index in [1.54, 1.807) is 0 Å². The summed E-state index contributed by atoms with van der Waals surface area (Å²) in [6, 6.07) is 0.102. The van der Waals surface area contributed by atoms with Gasteiger partial charge in [0, 0.05) is 12.6 Å². The molecule has 0 bridgehead atoms. The van der Waals surface area contributed by atoms with Gasteiger partial charge >= 0.3 is 0 Å². The quantitative estimate of drug-likeness (QED) is 0.768. The first-order chi connectivity index (χ1) is 6.64. The highest BCUT2D eigenvalue weighted by atomic mass is 35.5. The molecule has 1 heterocycles. The summed E-state index contributed by atoms with van der Waals surface area (Å²) in [6.45, 7) is 3.77. The van der Waals surface area contributed by atoms with Crippen molar-refractivity contribution in [3.05, 3.63) is 0 Å². The number of nitrogens with one attached hydrogen (secondary N) is 2. The predicted octanol–water partition coefficient (Wildman–Crippen LogP) is 0.880. The van der Waals surface area contributed by atoms with Crippen LogP contribution in [-0.2, 0) is 10.0 Å². The maximum absolute atomic E-state index is 11.5. The van der Waals surface area contributed by atoms with Crippen molar-refractivity contribution in [3.8, 4) is 0 Å². The van der Waals surface area contributed by atoms with Gasteiger partial charge in [0.05, 0.1) is 5.75 Å². The first-order valence-corrected chi connectivity index (χ1v) is 7.00. The Hall–Kier alpha value is 0.160. The van der Waals surface area contributed by atoms with Crippen LogP contribution in [0.15, 0.2) is 0 Å². The van der Waals surface area contributed by atoms with E-state index in [9.17, 15) is 8.42 Å². The Kier molecular flexibility index (Phi) is 7.52. The fourth-order valence-electron chi connectivity index (χ4n) is 1.60. The summed E-state index contributed by atoms with van der Waals surface area (Å²) in [6.07, 6.45) is 3.68.